The van der Waals surface area contributed by atoms with E-state index in [1.807, 2.05) is 4.98 Å². The van der Waals surface area contributed by atoms with E-state index in [1.54, 1.807) is 12.1 Å². The number of aromatic nitrogens is 2. The highest BCUT2D eigenvalue weighted by Gasteiger charge is 2.45. The molecule has 0 bridgehead atoms. The molecular formula is C17H15N3O8. The van der Waals surface area contributed by atoms with Gasteiger partial charge < -0.3 is 14.9 Å². The van der Waals surface area contributed by atoms with E-state index in [9.17, 15) is 29.4 Å². The summed E-state index contributed by atoms with van der Waals surface area (Å²) < 4.78 is 6.38. The fourth-order valence-corrected chi connectivity index (χ4v) is 3.16. The number of carbonyl (C=O) groups excluding carboxylic acids is 2. The predicted molar refractivity (Wildman–Crippen MR) is 90.1 cm³/mol. The van der Waals surface area contributed by atoms with Crippen LogP contribution in [-0.4, -0.2) is 61.6 Å². The van der Waals surface area contributed by atoms with Crippen molar-refractivity contribution in [2.75, 3.05) is 6.61 Å². The number of rotatable bonds is 4. The fraction of sp³-hybridized carbons (Fsp3) is 0.294. The van der Waals surface area contributed by atoms with Gasteiger partial charge in [-0.05, 0) is 12.1 Å². The molecule has 11 nitrogen and oxygen atoms in total. The van der Waals surface area contributed by atoms with Crippen molar-refractivity contribution in [3.8, 4) is 0 Å². The molecule has 0 unspecified atom stereocenters. The maximum atomic E-state index is 12.3. The molecular weight excluding hydrogens is 374 g/mol. The lowest BCUT2D eigenvalue weighted by atomic mass is 10.1. The Labute approximate surface area is 156 Å². The Bertz CT molecular complexity index is 1030. The maximum absolute atomic E-state index is 12.3. The first-order valence-electron chi connectivity index (χ1n) is 8.32. The predicted octanol–water partition coefficient (Wildman–Crippen LogP) is -1.62. The van der Waals surface area contributed by atoms with Crippen molar-refractivity contribution < 1.29 is 29.4 Å². The van der Waals surface area contributed by atoms with Crippen LogP contribution in [0.1, 0.15) is 26.9 Å². The number of amides is 2. The van der Waals surface area contributed by atoms with E-state index in [-0.39, 0.29) is 11.1 Å². The summed E-state index contributed by atoms with van der Waals surface area (Å²) in [4.78, 5) is 54.8. The Kier molecular flexibility index (Phi) is 4.43. The van der Waals surface area contributed by atoms with Gasteiger partial charge in [0.15, 0.2) is 6.23 Å². The van der Waals surface area contributed by atoms with Crippen LogP contribution in [-0.2, 0) is 9.57 Å². The molecule has 2 aromatic rings. The van der Waals surface area contributed by atoms with Crippen molar-refractivity contribution in [1.29, 1.82) is 0 Å². The average molecular weight is 389 g/mol. The quantitative estimate of drug-likeness (QED) is 0.528. The number of aliphatic hydroxyl groups is 2. The second kappa shape index (κ2) is 6.80. The van der Waals surface area contributed by atoms with Crippen LogP contribution in [0.15, 0.2) is 46.1 Å². The number of hydrogen-bond donors (Lipinski definition) is 3. The minimum atomic E-state index is -1.50. The van der Waals surface area contributed by atoms with Gasteiger partial charge in [-0.1, -0.05) is 12.1 Å². The van der Waals surface area contributed by atoms with Crippen LogP contribution in [0, 0.1) is 0 Å². The first-order valence-corrected chi connectivity index (χ1v) is 8.32. The summed E-state index contributed by atoms with van der Waals surface area (Å²) in [6.45, 7) is -0.432. The number of aromatic amines is 1. The second-order valence-corrected chi connectivity index (χ2v) is 6.31. The van der Waals surface area contributed by atoms with Crippen LogP contribution < -0.4 is 11.2 Å². The van der Waals surface area contributed by atoms with Gasteiger partial charge in [-0.3, -0.25) is 28.8 Å². The third-order valence-electron chi connectivity index (χ3n) is 4.59. The molecule has 1 aromatic heterocycles. The summed E-state index contributed by atoms with van der Waals surface area (Å²) in [6, 6.07) is 7.26. The highest BCUT2D eigenvalue weighted by molar-refractivity contribution is 6.20. The van der Waals surface area contributed by atoms with Gasteiger partial charge in [0.25, 0.3) is 17.4 Å². The third-order valence-corrected chi connectivity index (χ3v) is 4.59. The van der Waals surface area contributed by atoms with Gasteiger partial charge in [0.05, 0.1) is 11.1 Å². The number of benzene rings is 1. The van der Waals surface area contributed by atoms with Gasteiger partial charge in [0.2, 0.25) is 0 Å². The highest BCUT2D eigenvalue weighted by Crippen LogP contribution is 2.29. The molecule has 28 heavy (non-hydrogen) atoms. The van der Waals surface area contributed by atoms with Gasteiger partial charge in [-0.15, -0.1) is 5.06 Å². The van der Waals surface area contributed by atoms with E-state index in [1.165, 1.54) is 12.1 Å². The fourth-order valence-electron chi connectivity index (χ4n) is 3.16. The molecule has 0 aliphatic carbocycles. The van der Waals surface area contributed by atoms with Crippen molar-refractivity contribution in [1.82, 2.24) is 14.6 Å². The average Bonchev–Trinajstić information content (AvgIpc) is 3.09. The lowest BCUT2D eigenvalue weighted by Gasteiger charge is -2.18. The van der Waals surface area contributed by atoms with Gasteiger partial charge >= 0.3 is 5.69 Å². The molecule has 2 amide bonds. The molecule has 4 rings (SSSR count). The SMILES string of the molecule is O=C1c2ccccc2C(=O)N1OC[C@H]1O[C@@H](n2ccc(=O)[nH]c2=O)[C@H](O)[C@@H]1O. The minimum absolute atomic E-state index is 0.193. The number of hydroxylamine groups is 2. The topological polar surface area (TPSA) is 151 Å². The van der Waals surface area contributed by atoms with Crippen LogP contribution in [0.5, 0.6) is 0 Å². The molecule has 3 heterocycles. The summed E-state index contributed by atoms with van der Waals surface area (Å²) in [5.74, 6) is -1.30. The zero-order valence-corrected chi connectivity index (χ0v) is 14.2. The number of ether oxygens (including phenoxy) is 1. The number of nitrogens with one attached hydrogen (secondary N) is 1. The summed E-state index contributed by atoms with van der Waals surface area (Å²) in [5.41, 5.74) is -1.07. The maximum Gasteiger partial charge on any atom is 0.330 e. The van der Waals surface area contributed by atoms with E-state index in [0.717, 1.165) is 16.8 Å². The molecule has 0 spiro atoms. The number of nitrogens with zero attached hydrogens (tertiary/aromatic N) is 2. The van der Waals surface area contributed by atoms with E-state index >= 15 is 0 Å². The van der Waals surface area contributed by atoms with Crippen molar-refractivity contribution in [3.05, 3.63) is 68.5 Å². The first kappa shape index (κ1) is 18.3. The van der Waals surface area contributed by atoms with Crippen molar-refractivity contribution in [3.63, 3.8) is 0 Å². The second-order valence-electron chi connectivity index (χ2n) is 6.31. The molecule has 1 aromatic carbocycles. The summed E-state index contributed by atoms with van der Waals surface area (Å²) in [6.07, 6.45) is -4.26. The normalized spacial score (nSPS) is 26.7. The standard InChI is InChI=1S/C17H15N3O8/c21-11-5-6-19(17(26)18-11)16-13(23)12(22)10(28-16)7-27-20-14(24)8-3-1-2-4-9(8)15(20)25/h1-6,10,12-13,16,22-23H,7H2,(H,18,21,26)/t10-,12-,13-,16-/m1/s1. The number of imide groups is 1. The van der Waals surface area contributed by atoms with Crippen LogP contribution in [0.2, 0.25) is 0 Å². The van der Waals surface area contributed by atoms with Crippen molar-refractivity contribution >= 4 is 11.8 Å². The number of aliphatic hydroxyl groups excluding tert-OH is 2. The number of H-pyrrole nitrogens is 1. The van der Waals surface area contributed by atoms with Gasteiger partial charge in [0.1, 0.15) is 24.9 Å². The largest absolute Gasteiger partial charge is 0.387 e. The smallest absolute Gasteiger partial charge is 0.330 e. The van der Waals surface area contributed by atoms with E-state index in [4.69, 9.17) is 9.57 Å². The molecule has 2 aliphatic heterocycles. The molecule has 3 N–H and O–H groups in total. The van der Waals surface area contributed by atoms with Crippen molar-refractivity contribution in [2.45, 2.75) is 24.5 Å². The molecule has 1 saturated heterocycles. The van der Waals surface area contributed by atoms with E-state index in [0.29, 0.717) is 5.06 Å². The zero-order valence-electron chi connectivity index (χ0n) is 14.2. The number of carbonyl (C=O) groups is 2. The first-order chi connectivity index (χ1) is 13.4. The number of fused-ring (bicyclic) bond motifs is 1. The molecule has 2 aliphatic rings. The van der Waals surface area contributed by atoms with Crippen LogP contribution in [0.25, 0.3) is 0 Å². The number of hydrogen-bond acceptors (Lipinski definition) is 8. The van der Waals surface area contributed by atoms with Gasteiger partial charge in [0, 0.05) is 12.3 Å². The van der Waals surface area contributed by atoms with Gasteiger partial charge in [-0.2, -0.15) is 0 Å². The van der Waals surface area contributed by atoms with Crippen molar-refractivity contribution in [2.24, 2.45) is 0 Å². The Morgan fingerprint density at radius 1 is 1.00 bits per heavy atom. The molecule has 4 atom stereocenters. The summed E-state index contributed by atoms with van der Waals surface area (Å²) in [5, 5.41) is 20.9. The minimum Gasteiger partial charge on any atom is -0.387 e. The van der Waals surface area contributed by atoms with Crippen LogP contribution in [0.3, 0.4) is 0 Å². The third kappa shape index (κ3) is 2.86. The Morgan fingerprint density at radius 2 is 1.64 bits per heavy atom. The molecule has 146 valence electrons. The molecule has 0 saturated carbocycles. The lowest BCUT2D eigenvalue weighted by molar-refractivity contribution is -0.141. The van der Waals surface area contributed by atoms with Crippen LogP contribution >= 0.6 is 0 Å². The molecule has 0 radical (unpaired) electrons. The summed E-state index contributed by atoms with van der Waals surface area (Å²) in [7, 11) is 0. The Hall–Kier alpha value is -3.12. The molecule has 11 heteroatoms. The van der Waals surface area contributed by atoms with Gasteiger partial charge in [-0.25, -0.2) is 4.79 Å². The molecule has 1 fully saturated rings. The zero-order chi connectivity index (χ0) is 20.0. The Morgan fingerprint density at radius 3 is 2.25 bits per heavy atom. The highest BCUT2D eigenvalue weighted by atomic mass is 16.7. The Balaban J connectivity index is 1.48. The van der Waals surface area contributed by atoms with Crippen LogP contribution in [0.4, 0.5) is 0 Å². The van der Waals surface area contributed by atoms with E-state index in [2.05, 4.69) is 0 Å². The monoisotopic (exact) mass is 389 g/mol. The lowest BCUT2D eigenvalue weighted by Crippen LogP contribution is -2.39. The van der Waals surface area contributed by atoms with E-state index < -0.39 is 54.2 Å². The summed E-state index contributed by atoms with van der Waals surface area (Å²) >= 11 is 0.